The third-order valence-electron chi connectivity index (χ3n) is 6.42. The molecule has 0 aliphatic rings. The van der Waals surface area contributed by atoms with Crippen LogP contribution in [0.2, 0.25) is 5.02 Å². The van der Waals surface area contributed by atoms with E-state index in [0.717, 1.165) is 62.9 Å². The van der Waals surface area contributed by atoms with Gasteiger partial charge in [-0.2, -0.15) is 0 Å². The summed E-state index contributed by atoms with van der Waals surface area (Å²) in [6.07, 6.45) is 4.10. The third-order valence-corrected chi connectivity index (χ3v) is 6.75. The summed E-state index contributed by atoms with van der Waals surface area (Å²) in [5, 5.41) is 0.619. The molecule has 0 saturated carbocycles. The molecule has 0 spiro atoms. The van der Waals surface area contributed by atoms with E-state index in [0.29, 0.717) is 16.6 Å². The monoisotopic (exact) mass is 488 g/mol. The van der Waals surface area contributed by atoms with Crippen LogP contribution in [0.1, 0.15) is 45.6 Å². The van der Waals surface area contributed by atoms with Gasteiger partial charge in [0.25, 0.3) is 0 Å². The van der Waals surface area contributed by atoms with Crippen molar-refractivity contribution in [2.75, 3.05) is 59.6 Å². The zero-order valence-electron chi connectivity index (χ0n) is 20.7. The van der Waals surface area contributed by atoms with E-state index in [-0.39, 0.29) is 24.2 Å². The van der Waals surface area contributed by atoms with Gasteiger partial charge in [-0.3, -0.25) is 9.59 Å². The number of nitrogen functional groups attached to an aromatic ring is 1. The van der Waals surface area contributed by atoms with E-state index >= 15 is 0 Å². The Kier molecular flexibility index (Phi) is 13.9. The fourth-order valence-electron chi connectivity index (χ4n) is 3.84. The highest BCUT2D eigenvalue weighted by molar-refractivity contribution is 6.33. The lowest BCUT2D eigenvalue weighted by Gasteiger charge is -2.39. The number of aryl methyl sites for hydroxylation is 1. The van der Waals surface area contributed by atoms with Crippen LogP contribution in [0.25, 0.3) is 0 Å². The Morgan fingerprint density at radius 1 is 1.09 bits per heavy atom. The number of halogens is 2. The van der Waals surface area contributed by atoms with Gasteiger partial charge >= 0.3 is 0 Å². The molecule has 2 unspecified atom stereocenters. The summed E-state index contributed by atoms with van der Waals surface area (Å²) in [6.45, 7) is 9.89. The molecule has 0 aromatic heterocycles. The maximum absolute atomic E-state index is 11.7. The number of carbonyl (C=O) groups excluding carboxylic acids is 2. The second-order valence-electron chi connectivity index (χ2n) is 9.15. The van der Waals surface area contributed by atoms with Gasteiger partial charge in [0.2, 0.25) is 11.8 Å². The van der Waals surface area contributed by atoms with Crippen LogP contribution in [0.3, 0.4) is 0 Å². The van der Waals surface area contributed by atoms with Gasteiger partial charge in [0, 0.05) is 46.8 Å². The first kappa shape index (κ1) is 30.5. The fraction of sp³-hybridized carbons (Fsp3) is 0.667. The van der Waals surface area contributed by atoms with Crippen LogP contribution < -0.4 is 18.1 Å². The van der Waals surface area contributed by atoms with Crippen molar-refractivity contribution in [3.8, 4) is 0 Å². The zero-order valence-corrected chi connectivity index (χ0v) is 22.2. The summed E-state index contributed by atoms with van der Waals surface area (Å²) in [6, 6.07) is 5.90. The molecule has 0 saturated heterocycles. The summed E-state index contributed by atoms with van der Waals surface area (Å²) in [4.78, 5) is 26.8. The lowest BCUT2D eigenvalue weighted by Crippen LogP contribution is -3.00. The molecule has 32 heavy (non-hydrogen) atoms. The number of quaternary nitrogens is 1. The highest BCUT2D eigenvalue weighted by Gasteiger charge is 2.26. The number of anilines is 1. The van der Waals surface area contributed by atoms with Gasteiger partial charge in [-0.15, -0.1) is 0 Å². The standard InChI is InChI=1S/C24H42ClN4O2.ClH/c1-7-21(9-10-22-11-12-24(26)23(25)17-22)18-29(6,16-14-28(5)20(3)31)15-8-13-27(4)19(2)30;/h11-12,17,21H,7-10,13-16,18,26H2,1-6H3;1H/q+1;/p-1. The molecule has 0 fully saturated rings. The molecule has 2 N–H and O–H groups in total. The van der Waals surface area contributed by atoms with Gasteiger partial charge in [-0.25, -0.2) is 0 Å². The minimum Gasteiger partial charge on any atom is -1.00 e. The van der Waals surface area contributed by atoms with Crippen LogP contribution >= 0.6 is 11.6 Å². The first-order valence-electron chi connectivity index (χ1n) is 11.3. The van der Waals surface area contributed by atoms with Crippen molar-refractivity contribution in [1.29, 1.82) is 0 Å². The normalized spacial score (nSPS) is 13.6. The van der Waals surface area contributed by atoms with E-state index in [9.17, 15) is 9.59 Å². The fourth-order valence-corrected chi connectivity index (χ4v) is 4.04. The van der Waals surface area contributed by atoms with Crippen molar-refractivity contribution in [3.63, 3.8) is 0 Å². The second kappa shape index (κ2) is 14.6. The third kappa shape index (κ3) is 10.9. The summed E-state index contributed by atoms with van der Waals surface area (Å²) >= 11 is 6.18. The molecule has 0 aliphatic carbocycles. The van der Waals surface area contributed by atoms with Gasteiger partial charge in [0.1, 0.15) is 0 Å². The summed E-state index contributed by atoms with van der Waals surface area (Å²) < 4.78 is 0.893. The van der Waals surface area contributed by atoms with E-state index in [4.69, 9.17) is 17.3 Å². The predicted octanol–water partition coefficient (Wildman–Crippen LogP) is 0.678. The number of hydrogen-bond acceptors (Lipinski definition) is 3. The molecular weight excluding hydrogens is 447 g/mol. The highest BCUT2D eigenvalue weighted by atomic mass is 35.5. The molecule has 0 bridgehead atoms. The first-order chi connectivity index (χ1) is 14.5. The first-order valence-corrected chi connectivity index (χ1v) is 11.7. The number of carbonyl (C=O) groups is 2. The molecule has 2 amide bonds. The van der Waals surface area contributed by atoms with Crippen LogP contribution in [0.5, 0.6) is 0 Å². The molecule has 0 aliphatic heterocycles. The van der Waals surface area contributed by atoms with E-state index in [1.54, 1.807) is 23.6 Å². The Labute approximate surface area is 206 Å². The van der Waals surface area contributed by atoms with Gasteiger partial charge in [-0.05, 0) is 37.0 Å². The van der Waals surface area contributed by atoms with Crippen molar-refractivity contribution in [1.82, 2.24) is 9.80 Å². The number of rotatable bonds is 13. The molecule has 0 heterocycles. The molecule has 1 aromatic carbocycles. The Hall–Kier alpha value is -1.50. The Morgan fingerprint density at radius 3 is 2.22 bits per heavy atom. The van der Waals surface area contributed by atoms with Crippen molar-refractivity contribution in [2.24, 2.45) is 5.92 Å². The van der Waals surface area contributed by atoms with E-state index < -0.39 is 0 Å². The number of nitrogens with two attached hydrogens (primary N) is 1. The lowest BCUT2D eigenvalue weighted by molar-refractivity contribution is -0.912. The molecular formula is C24H42Cl2N4O2. The topological polar surface area (TPSA) is 66.6 Å². The zero-order chi connectivity index (χ0) is 23.6. The molecule has 8 heteroatoms. The minimum atomic E-state index is 0. The van der Waals surface area contributed by atoms with E-state index in [1.807, 2.05) is 26.2 Å². The van der Waals surface area contributed by atoms with E-state index in [2.05, 4.69) is 20.0 Å². The van der Waals surface area contributed by atoms with Crippen LogP contribution in [0, 0.1) is 5.92 Å². The highest BCUT2D eigenvalue weighted by Crippen LogP contribution is 2.23. The van der Waals surface area contributed by atoms with E-state index in [1.165, 1.54) is 5.56 Å². The Balaban J connectivity index is 0.00000961. The SMILES string of the molecule is CCC(CCc1ccc(N)c(Cl)c1)C[N+](C)(CCCN(C)C(C)=O)CCN(C)C(C)=O.[Cl-]. The van der Waals surface area contributed by atoms with Crippen molar-refractivity contribution in [2.45, 2.75) is 46.5 Å². The smallest absolute Gasteiger partial charge is 0.219 e. The summed E-state index contributed by atoms with van der Waals surface area (Å²) in [5.41, 5.74) is 7.66. The predicted molar refractivity (Wildman–Crippen MR) is 130 cm³/mol. The molecule has 0 radical (unpaired) electrons. The van der Waals surface area contributed by atoms with Crippen molar-refractivity contribution < 1.29 is 26.5 Å². The van der Waals surface area contributed by atoms with Gasteiger partial charge < -0.3 is 32.4 Å². The molecule has 184 valence electrons. The second-order valence-corrected chi connectivity index (χ2v) is 9.56. The quantitative estimate of drug-likeness (QED) is 0.328. The summed E-state index contributed by atoms with van der Waals surface area (Å²) in [7, 11) is 5.99. The van der Waals surface area contributed by atoms with Gasteiger partial charge in [-0.1, -0.05) is 24.6 Å². The number of amides is 2. The number of nitrogens with zero attached hydrogens (tertiary/aromatic N) is 3. The largest absolute Gasteiger partial charge is 1.00 e. The van der Waals surface area contributed by atoms with Gasteiger partial charge in [0.05, 0.1) is 43.9 Å². The Morgan fingerprint density at radius 2 is 1.69 bits per heavy atom. The number of benzene rings is 1. The lowest BCUT2D eigenvalue weighted by atomic mass is 9.95. The van der Waals surface area contributed by atoms with Crippen LogP contribution in [0.15, 0.2) is 18.2 Å². The minimum absolute atomic E-state index is 0. The maximum atomic E-state index is 11.7. The molecule has 1 rings (SSSR count). The van der Waals surface area contributed by atoms with Crippen molar-refractivity contribution in [3.05, 3.63) is 28.8 Å². The van der Waals surface area contributed by atoms with Crippen LogP contribution in [-0.4, -0.2) is 80.0 Å². The summed E-state index contributed by atoms with van der Waals surface area (Å²) in [5.74, 6) is 0.753. The molecule has 1 aromatic rings. The van der Waals surface area contributed by atoms with Crippen LogP contribution in [0.4, 0.5) is 5.69 Å². The van der Waals surface area contributed by atoms with Gasteiger partial charge in [0.15, 0.2) is 0 Å². The molecule has 6 nitrogen and oxygen atoms in total. The number of likely N-dealkylation sites (N-methyl/N-ethyl adjacent to an activating group) is 2. The molecule has 2 atom stereocenters. The number of hydrogen-bond donors (Lipinski definition) is 1. The van der Waals surface area contributed by atoms with Crippen molar-refractivity contribution >= 4 is 29.1 Å². The average molecular weight is 490 g/mol. The van der Waals surface area contributed by atoms with Crippen LogP contribution in [-0.2, 0) is 16.0 Å². The Bertz CT molecular complexity index is 732. The maximum Gasteiger partial charge on any atom is 0.219 e. The average Bonchev–Trinajstić information content (AvgIpc) is 2.71.